The van der Waals surface area contributed by atoms with E-state index in [1.807, 2.05) is 57.2 Å². The largest absolute Gasteiger partial charge is 0.382 e. The third kappa shape index (κ3) is 3.63. The normalized spacial score (nSPS) is 11.3. The first-order valence-electron chi connectivity index (χ1n) is 9.42. The number of nitriles is 1. The molecule has 0 amide bonds. The van der Waals surface area contributed by atoms with E-state index in [1.54, 1.807) is 18.5 Å². The number of benzene rings is 1. The van der Waals surface area contributed by atoms with E-state index in [4.69, 9.17) is 10.3 Å². The Morgan fingerprint density at radius 3 is 2.50 bits per heavy atom. The van der Waals surface area contributed by atoms with Crippen LogP contribution in [-0.4, -0.2) is 20.1 Å². The van der Waals surface area contributed by atoms with Gasteiger partial charge in [-0.15, -0.1) is 0 Å². The van der Waals surface area contributed by atoms with Crippen molar-refractivity contribution < 1.29 is 4.52 Å². The monoisotopic (exact) mass is 396 g/mol. The summed E-state index contributed by atoms with van der Waals surface area (Å²) in [5.41, 5.74) is 10.6. The van der Waals surface area contributed by atoms with E-state index in [9.17, 15) is 5.26 Å². The third-order valence-electron chi connectivity index (χ3n) is 4.87. The van der Waals surface area contributed by atoms with Crippen molar-refractivity contribution in [1.29, 1.82) is 5.26 Å². The maximum absolute atomic E-state index is 9.40. The molecule has 2 N–H and O–H groups in total. The summed E-state index contributed by atoms with van der Waals surface area (Å²) >= 11 is 0. The summed E-state index contributed by atoms with van der Waals surface area (Å²) in [6, 6.07) is 15.7. The van der Waals surface area contributed by atoms with Gasteiger partial charge in [-0.25, -0.2) is 9.97 Å². The molecule has 0 saturated carbocycles. The molecule has 3 heterocycles. The smallest absolute Gasteiger partial charge is 0.189 e. The second-order valence-corrected chi connectivity index (χ2v) is 7.60. The fourth-order valence-electron chi connectivity index (χ4n) is 2.95. The molecular weight excluding hydrogens is 376 g/mol. The van der Waals surface area contributed by atoms with Crippen LogP contribution in [0.5, 0.6) is 0 Å². The second-order valence-electron chi connectivity index (χ2n) is 7.60. The van der Waals surface area contributed by atoms with Crippen LogP contribution in [0.25, 0.3) is 34.0 Å². The van der Waals surface area contributed by atoms with Crippen molar-refractivity contribution in [2.24, 2.45) is 0 Å². The highest BCUT2D eigenvalue weighted by Gasteiger charge is 2.22. The molecule has 0 fully saturated rings. The zero-order valence-corrected chi connectivity index (χ0v) is 16.9. The molecule has 0 aliphatic carbocycles. The number of hydrogen-bond donors (Lipinski definition) is 1. The summed E-state index contributed by atoms with van der Waals surface area (Å²) in [5, 5.41) is 13.5. The number of nitrogens with two attached hydrogens (primary N) is 1. The minimum atomic E-state index is -0.714. The Kier molecular flexibility index (Phi) is 4.76. The highest BCUT2D eigenvalue weighted by molar-refractivity contribution is 5.73. The van der Waals surface area contributed by atoms with Crippen LogP contribution in [0.3, 0.4) is 0 Å². The predicted octanol–water partition coefficient (Wildman–Crippen LogP) is 4.55. The molecule has 0 unspecified atom stereocenters. The molecule has 4 aromatic rings. The van der Waals surface area contributed by atoms with Crippen LogP contribution < -0.4 is 5.73 Å². The molecule has 1 aromatic carbocycles. The average molecular weight is 396 g/mol. The lowest BCUT2D eigenvalue weighted by molar-refractivity contribution is 0.434. The molecular formula is C23H20N6O. The van der Waals surface area contributed by atoms with Crippen LogP contribution in [0.4, 0.5) is 5.82 Å². The molecule has 0 atom stereocenters. The highest BCUT2D eigenvalue weighted by atomic mass is 16.5. The van der Waals surface area contributed by atoms with Gasteiger partial charge < -0.3 is 10.3 Å². The number of aryl methyl sites for hydroxylation is 1. The standard InChI is InChI=1S/C23H20N6O/c1-14-4-6-15(7-5-14)17-11-19(30-29-17)21-22(25)27-12-18(28-21)16-8-9-26-20(10-16)23(2,3)13-24/h4-12H,1-3H3,(H2,25,27). The number of anilines is 1. The van der Waals surface area contributed by atoms with E-state index in [0.29, 0.717) is 28.5 Å². The van der Waals surface area contributed by atoms with Crippen LogP contribution in [0.15, 0.2) is 59.4 Å². The molecule has 7 heteroatoms. The molecule has 0 bridgehead atoms. The first kappa shape index (κ1) is 19.3. The number of aromatic nitrogens is 4. The Morgan fingerprint density at radius 1 is 1.00 bits per heavy atom. The second kappa shape index (κ2) is 7.41. The molecule has 30 heavy (non-hydrogen) atoms. The van der Waals surface area contributed by atoms with Crippen LogP contribution in [-0.2, 0) is 5.41 Å². The van der Waals surface area contributed by atoms with Crippen molar-refractivity contribution in [3.05, 3.63) is 66.1 Å². The van der Waals surface area contributed by atoms with E-state index < -0.39 is 5.41 Å². The summed E-state index contributed by atoms with van der Waals surface area (Å²) < 4.78 is 5.51. The van der Waals surface area contributed by atoms with E-state index in [0.717, 1.165) is 11.1 Å². The molecule has 148 valence electrons. The maximum Gasteiger partial charge on any atom is 0.189 e. The number of hydrogen-bond acceptors (Lipinski definition) is 7. The summed E-state index contributed by atoms with van der Waals surface area (Å²) in [6.07, 6.45) is 3.25. The van der Waals surface area contributed by atoms with Crippen molar-refractivity contribution in [3.8, 4) is 40.0 Å². The molecule has 0 saturated heterocycles. The molecule has 7 nitrogen and oxygen atoms in total. The molecule has 4 rings (SSSR count). The minimum Gasteiger partial charge on any atom is -0.382 e. The van der Waals surface area contributed by atoms with E-state index in [-0.39, 0.29) is 5.82 Å². The van der Waals surface area contributed by atoms with Crippen molar-refractivity contribution in [3.63, 3.8) is 0 Å². The van der Waals surface area contributed by atoms with Gasteiger partial charge >= 0.3 is 0 Å². The van der Waals surface area contributed by atoms with Gasteiger partial charge in [0.05, 0.1) is 29.1 Å². The van der Waals surface area contributed by atoms with E-state index in [1.165, 1.54) is 5.56 Å². The summed E-state index contributed by atoms with van der Waals surface area (Å²) in [6.45, 7) is 5.67. The average Bonchev–Trinajstić information content (AvgIpc) is 3.24. The molecule has 0 aliphatic rings. The Hall–Kier alpha value is -4.05. The third-order valence-corrected chi connectivity index (χ3v) is 4.87. The Balaban J connectivity index is 1.73. The van der Waals surface area contributed by atoms with Crippen LogP contribution in [0.2, 0.25) is 0 Å². The highest BCUT2D eigenvalue weighted by Crippen LogP contribution is 2.30. The van der Waals surface area contributed by atoms with Gasteiger partial charge in [0, 0.05) is 23.4 Å². The van der Waals surface area contributed by atoms with Crippen LogP contribution >= 0.6 is 0 Å². The van der Waals surface area contributed by atoms with Gasteiger partial charge in [-0.1, -0.05) is 35.0 Å². The zero-order chi connectivity index (χ0) is 21.3. The summed E-state index contributed by atoms with van der Waals surface area (Å²) in [4.78, 5) is 13.3. The molecule has 0 aliphatic heterocycles. The lowest BCUT2D eigenvalue weighted by Gasteiger charge is -2.15. The summed E-state index contributed by atoms with van der Waals surface area (Å²) in [7, 11) is 0. The molecule has 0 spiro atoms. The number of nitrogens with zero attached hydrogens (tertiary/aromatic N) is 5. The van der Waals surface area contributed by atoms with Crippen molar-refractivity contribution in [2.45, 2.75) is 26.2 Å². The number of rotatable bonds is 4. The van der Waals surface area contributed by atoms with Gasteiger partial charge in [0.1, 0.15) is 5.69 Å². The zero-order valence-electron chi connectivity index (χ0n) is 16.9. The first-order chi connectivity index (χ1) is 14.4. The van der Waals surface area contributed by atoms with E-state index in [2.05, 4.69) is 26.2 Å². The van der Waals surface area contributed by atoms with Gasteiger partial charge in [-0.05, 0) is 32.9 Å². The summed E-state index contributed by atoms with van der Waals surface area (Å²) in [5.74, 6) is 0.682. The van der Waals surface area contributed by atoms with Gasteiger partial charge in [0.2, 0.25) is 0 Å². The SMILES string of the molecule is Cc1ccc(-c2cc(-c3nc(-c4ccnc(C(C)(C)C#N)c4)cnc3N)on2)cc1. The lowest BCUT2D eigenvalue weighted by Crippen LogP contribution is -2.15. The lowest BCUT2D eigenvalue weighted by atomic mass is 9.90. The van der Waals surface area contributed by atoms with Gasteiger partial charge in [0.25, 0.3) is 0 Å². The number of pyridine rings is 1. The fourth-order valence-corrected chi connectivity index (χ4v) is 2.95. The number of nitrogen functional groups attached to an aromatic ring is 1. The predicted molar refractivity (Wildman–Crippen MR) is 114 cm³/mol. The Morgan fingerprint density at radius 2 is 1.77 bits per heavy atom. The van der Waals surface area contributed by atoms with Gasteiger partial charge in [-0.2, -0.15) is 5.26 Å². The topological polar surface area (TPSA) is 115 Å². The van der Waals surface area contributed by atoms with Gasteiger partial charge in [-0.3, -0.25) is 4.98 Å². The Bertz CT molecular complexity index is 1250. The van der Waals surface area contributed by atoms with Crippen LogP contribution in [0.1, 0.15) is 25.1 Å². The first-order valence-corrected chi connectivity index (χ1v) is 9.42. The van der Waals surface area contributed by atoms with Crippen LogP contribution in [0, 0.1) is 18.3 Å². The van der Waals surface area contributed by atoms with Crippen molar-refractivity contribution >= 4 is 5.82 Å². The Labute approximate surface area is 174 Å². The maximum atomic E-state index is 9.40. The van der Waals surface area contributed by atoms with E-state index >= 15 is 0 Å². The quantitative estimate of drug-likeness (QED) is 0.538. The van der Waals surface area contributed by atoms with Crippen molar-refractivity contribution in [1.82, 2.24) is 20.1 Å². The molecule has 0 radical (unpaired) electrons. The van der Waals surface area contributed by atoms with Gasteiger partial charge in [0.15, 0.2) is 17.3 Å². The minimum absolute atomic E-state index is 0.247. The molecule has 3 aromatic heterocycles. The van der Waals surface area contributed by atoms with Crippen molar-refractivity contribution in [2.75, 3.05) is 5.73 Å². The fraction of sp³-hybridized carbons (Fsp3) is 0.174.